The van der Waals surface area contributed by atoms with Crippen molar-refractivity contribution in [3.63, 3.8) is 0 Å². The molecule has 100 valence electrons. The maximum absolute atomic E-state index is 13.2. The highest BCUT2D eigenvalue weighted by molar-refractivity contribution is 5.76. The molecule has 1 atom stereocenters. The minimum atomic E-state index is -0.283. The van der Waals surface area contributed by atoms with E-state index in [1.807, 2.05) is 6.07 Å². The summed E-state index contributed by atoms with van der Waals surface area (Å²) >= 11 is 0. The van der Waals surface area contributed by atoms with Crippen molar-refractivity contribution in [1.29, 1.82) is 0 Å². The number of benzene rings is 1. The predicted molar refractivity (Wildman–Crippen MR) is 70.4 cm³/mol. The van der Waals surface area contributed by atoms with Crippen LogP contribution in [0.3, 0.4) is 0 Å². The molecule has 0 saturated heterocycles. The topological polar surface area (TPSA) is 55.1 Å². The summed E-state index contributed by atoms with van der Waals surface area (Å²) < 4.78 is 13.2. The van der Waals surface area contributed by atoms with Crippen molar-refractivity contribution in [3.8, 4) is 0 Å². The molecule has 0 aliphatic carbocycles. The number of halogens is 1. The fraction of sp³-hybridized carbons (Fsp3) is 0.500. The molecule has 0 aliphatic heterocycles. The van der Waals surface area contributed by atoms with Crippen LogP contribution in [-0.2, 0) is 4.79 Å². The quantitative estimate of drug-likeness (QED) is 0.816. The van der Waals surface area contributed by atoms with E-state index >= 15 is 0 Å². The molecule has 1 rings (SSSR count). The SMILES string of the molecule is CC(C)C[C@H](NC(=O)CCN)c1cccc(F)c1. The van der Waals surface area contributed by atoms with Gasteiger partial charge in [-0.15, -0.1) is 0 Å². The summed E-state index contributed by atoms with van der Waals surface area (Å²) in [5.41, 5.74) is 6.15. The summed E-state index contributed by atoms with van der Waals surface area (Å²) in [5.74, 6) is 0.0400. The highest BCUT2D eigenvalue weighted by Gasteiger charge is 2.16. The maximum Gasteiger partial charge on any atom is 0.221 e. The molecule has 0 aliphatic rings. The number of rotatable bonds is 6. The van der Waals surface area contributed by atoms with Crippen LogP contribution < -0.4 is 11.1 Å². The molecule has 0 saturated carbocycles. The van der Waals surface area contributed by atoms with Crippen LogP contribution in [0.2, 0.25) is 0 Å². The third-order valence-corrected chi connectivity index (χ3v) is 2.66. The Hall–Kier alpha value is -1.42. The molecule has 1 amide bonds. The first-order valence-electron chi connectivity index (χ1n) is 6.27. The van der Waals surface area contributed by atoms with Gasteiger partial charge in [0.25, 0.3) is 0 Å². The summed E-state index contributed by atoms with van der Waals surface area (Å²) in [5, 5.41) is 2.91. The van der Waals surface area contributed by atoms with E-state index in [0.717, 1.165) is 12.0 Å². The van der Waals surface area contributed by atoms with Gasteiger partial charge in [0.05, 0.1) is 6.04 Å². The number of nitrogens with two attached hydrogens (primary N) is 1. The molecular formula is C14H21FN2O. The third-order valence-electron chi connectivity index (χ3n) is 2.66. The van der Waals surface area contributed by atoms with Gasteiger partial charge >= 0.3 is 0 Å². The predicted octanol–water partition coefficient (Wildman–Crippen LogP) is 2.38. The first-order valence-corrected chi connectivity index (χ1v) is 6.27. The minimum Gasteiger partial charge on any atom is -0.349 e. The van der Waals surface area contributed by atoms with Crippen LogP contribution in [0, 0.1) is 11.7 Å². The van der Waals surface area contributed by atoms with Gasteiger partial charge in [0, 0.05) is 13.0 Å². The van der Waals surface area contributed by atoms with Gasteiger partial charge in [-0.05, 0) is 30.0 Å². The molecule has 0 heterocycles. The van der Waals surface area contributed by atoms with E-state index in [9.17, 15) is 9.18 Å². The van der Waals surface area contributed by atoms with Gasteiger partial charge in [-0.1, -0.05) is 26.0 Å². The molecule has 4 heteroatoms. The zero-order valence-electron chi connectivity index (χ0n) is 10.9. The van der Waals surface area contributed by atoms with Crippen molar-refractivity contribution in [2.45, 2.75) is 32.7 Å². The Labute approximate surface area is 108 Å². The van der Waals surface area contributed by atoms with E-state index in [0.29, 0.717) is 18.9 Å². The Kier molecular flexibility index (Phi) is 5.78. The van der Waals surface area contributed by atoms with Crippen LogP contribution in [0.25, 0.3) is 0 Å². The Morgan fingerprint density at radius 2 is 2.17 bits per heavy atom. The first-order chi connectivity index (χ1) is 8.52. The second-order valence-corrected chi connectivity index (χ2v) is 4.84. The number of carbonyl (C=O) groups is 1. The van der Waals surface area contributed by atoms with Gasteiger partial charge in [0.1, 0.15) is 5.82 Å². The number of amides is 1. The second kappa shape index (κ2) is 7.11. The van der Waals surface area contributed by atoms with E-state index in [-0.39, 0.29) is 17.8 Å². The standard InChI is InChI=1S/C14H21FN2O/c1-10(2)8-13(17-14(18)6-7-16)11-4-3-5-12(15)9-11/h3-5,9-10,13H,6-8,16H2,1-2H3,(H,17,18)/t13-/m0/s1. The van der Waals surface area contributed by atoms with Gasteiger partial charge in [-0.3, -0.25) is 4.79 Å². The molecular weight excluding hydrogens is 231 g/mol. The second-order valence-electron chi connectivity index (χ2n) is 4.84. The van der Waals surface area contributed by atoms with Gasteiger partial charge < -0.3 is 11.1 Å². The molecule has 0 spiro atoms. The largest absolute Gasteiger partial charge is 0.349 e. The van der Waals surface area contributed by atoms with Crippen LogP contribution in [0.4, 0.5) is 4.39 Å². The third kappa shape index (κ3) is 4.84. The van der Waals surface area contributed by atoms with Gasteiger partial charge in [0.2, 0.25) is 5.91 Å². The summed E-state index contributed by atoms with van der Waals surface area (Å²) in [6, 6.07) is 6.21. The van der Waals surface area contributed by atoms with E-state index in [4.69, 9.17) is 5.73 Å². The molecule has 0 unspecified atom stereocenters. The average molecular weight is 252 g/mol. The average Bonchev–Trinajstić information content (AvgIpc) is 2.28. The molecule has 3 N–H and O–H groups in total. The van der Waals surface area contributed by atoms with Crippen molar-refractivity contribution in [2.75, 3.05) is 6.54 Å². The molecule has 1 aromatic rings. The molecule has 0 bridgehead atoms. The molecule has 18 heavy (non-hydrogen) atoms. The van der Waals surface area contributed by atoms with E-state index < -0.39 is 0 Å². The van der Waals surface area contributed by atoms with Crippen LogP contribution in [0.5, 0.6) is 0 Å². The van der Waals surface area contributed by atoms with Crippen LogP contribution in [-0.4, -0.2) is 12.5 Å². The van der Waals surface area contributed by atoms with Gasteiger partial charge in [-0.25, -0.2) is 4.39 Å². The van der Waals surface area contributed by atoms with Crippen LogP contribution in [0.1, 0.15) is 38.3 Å². The van der Waals surface area contributed by atoms with E-state index in [2.05, 4.69) is 19.2 Å². The van der Waals surface area contributed by atoms with Crippen LogP contribution in [0.15, 0.2) is 24.3 Å². The Morgan fingerprint density at radius 3 is 2.72 bits per heavy atom. The lowest BCUT2D eigenvalue weighted by atomic mass is 9.97. The van der Waals surface area contributed by atoms with Gasteiger partial charge in [0.15, 0.2) is 0 Å². The molecule has 1 aromatic carbocycles. The number of nitrogens with one attached hydrogen (secondary N) is 1. The Morgan fingerprint density at radius 1 is 1.44 bits per heavy atom. The highest BCUT2D eigenvalue weighted by atomic mass is 19.1. The summed E-state index contributed by atoms with van der Waals surface area (Å²) in [7, 11) is 0. The zero-order valence-corrected chi connectivity index (χ0v) is 10.9. The summed E-state index contributed by atoms with van der Waals surface area (Å²) in [6.45, 7) is 4.46. The lowest BCUT2D eigenvalue weighted by Gasteiger charge is -2.21. The van der Waals surface area contributed by atoms with Gasteiger partial charge in [-0.2, -0.15) is 0 Å². The molecule has 0 radical (unpaired) electrons. The maximum atomic E-state index is 13.2. The lowest BCUT2D eigenvalue weighted by molar-refractivity contribution is -0.121. The van der Waals surface area contributed by atoms with Crippen molar-refractivity contribution in [2.24, 2.45) is 11.7 Å². The Bertz CT molecular complexity index is 393. The number of hydrogen-bond donors (Lipinski definition) is 2. The van der Waals surface area contributed by atoms with Crippen molar-refractivity contribution in [3.05, 3.63) is 35.6 Å². The fourth-order valence-corrected chi connectivity index (χ4v) is 1.87. The molecule has 0 aromatic heterocycles. The normalized spacial score (nSPS) is 12.5. The summed E-state index contributed by atoms with van der Waals surface area (Å²) in [4.78, 5) is 11.6. The first kappa shape index (κ1) is 14.6. The van der Waals surface area contributed by atoms with E-state index in [1.54, 1.807) is 6.07 Å². The van der Waals surface area contributed by atoms with Crippen molar-refractivity contribution >= 4 is 5.91 Å². The number of carbonyl (C=O) groups excluding carboxylic acids is 1. The van der Waals surface area contributed by atoms with E-state index in [1.165, 1.54) is 12.1 Å². The summed E-state index contributed by atoms with van der Waals surface area (Å²) in [6.07, 6.45) is 1.07. The van der Waals surface area contributed by atoms with Crippen molar-refractivity contribution in [1.82, 2.24) is 5.32 Å². The minimum absolute atomic E-state index is 0.0904. The Balaban J connectivity index is 2.80. The van der Waals surface area contributed by atoms with Crippen molar-refractivity contribution < 1.29 is 9.18 Å². The van der Waals surface area contributed by atoms with Crippen LogP contribution >= 0.6 is 0 Å². The zero-order chi connectivity index (χ0) is 13.5. The fourth-order valence-electron chi connectivity index (χ4n) is 1.87. The molecule has 3 nitrogen and oxygen atoms in total. The smallest absolute Gasteiger partial charge is 0.221 e. The highest BCUT2D eigenvalue weighted by Crippen LogP contribution is 2.22. The lowest BCUT2D eigenvalue weighted by Crippen LogP contribution is -2.30. The number of hydrogen-bond acceptors (Lipinski definition) is 2. The monoisotopic (exact) mass is 252 g/mol. The molecule has 0 fully saturated rings.